The normalized spacial score (nSPS) is 14.3. The fourth-order valence-electron chi connectivity index (χ4n) is 3.22. The van der Waals surface area contributed by atoms with Crippen molar-refractivity contribution in [3.05, 3.63) is 65.4 Å². The average Bonchev–Trinajstić information content (AvgIpc) is 2.79. The number of ether oxygens (including phenoxy) is 2. The Morgan fingerprint density at radius 1 is 0.862 bits per heavy atom. The van der Waals surface area contributed by atoms with E-state index in [4.69, 9.17) is 9.47 Å². The van der Waals surface area contributed by atoms with Crippen LogP contribution in [0.1, 0.15) is 35.2 Å². The van der Waals surface area contributed by atoms with Gasteiger partial charge in [-0.15, -0.1) is 0 Å². The molecule has 3 rings (SSSR count). The second-order valence-electron chi connectivity index (χ2n) is 6.87. The van der Waals surface area contributed by atoms with Gasteiger partial charge in [0.15, 0.2) is 0 Å². The van der Waals surface area contributed by atoms with Crippen molar-refractivity contribution in [3.8, 4) is 11.5 Å². The molecule has 152 valence electrons. The van der Waals surface area contributed by atoms with E-state index in [-0.39, 0.29) is 17.5 Å². The summed E-state index contributed by atoms with van der Waals surface area (Å²) in [6, 6.07) is 14.1. The van der Waals surface area contributed by atoms with Gasteiger partial charge in [0.1, 0.15) is 17.2 Å². The number of amides is 2. The SMILES string of the molecule is COc1ccc(C=C(NC(=O)c2ccc(OC)cc2)C(=O)N2CCCCC2)cc1. The standard InChI is InChI=1S/C23H26N2O4/c1-28-19-10-6-17(7-11-19)16-21(23(27)25-14-4-3-5-15-25)24-22(26)18-8-12-20(29-2)13-9-18/h6-13,16H,3-5,14-15H2,1-2H3,(H,24,26). The summed E-state index contributed by atoms with van der Waals surface area (Å²) in [7, 11) is 3.17. The summed E-state index contributed by atoms with van der Waals surface area (Å²) in [5, 5.41) is 2.80. The molecule has 0 bridgehead atoms. The highest BCUT2D eigenvalue weighted by molar-refractivity contribution is 6.05. The van der Waals surface area contributed by atoms with E-state index in [2.05, 4.69) is 5.32 Å². The molecule has 1 heterocycles. The van der Waals surface area contributed by atoms with Crippen molar-refractivity contribution >= 4 is 17.9 Å². The van der Waals surface area contributed by atoms with Crippen molar-refractivity contribution in [1.82, 2.24) is 10.2 Å². The smallest absolute Gasteiger partial charge is 0.270 e. The first-order valence-corrected chi connectivity index (χ1v) is 9.71. The van der Waals surface area contributed by atoms with Crippen LogP contribution in [0.2, 0.25) is 0 Å². The van der Waals surface area contributed by atoms with E-state index < -0.39 is 0 Å². The monoisotopic (exact) mass is 394 g/mol. The highest BCUT2D eigenvalue weighted by Gasteiger charge is 2.22. The molecule has 0 aliphatic carbocycles. The van der Waals surface area contributed by atoms with Gasteiger partial charge in [0, 0.05) is 18.7 Å². The lowest BCUT2D eigenvalue weighted by atomic mass is 10.1. The van der Waals surface area contributed by atoms with Crippen molar-refractivity contribution < 1.29 is 19.1 Å². The lowest BCUT2D eigenvalue weighted by molar-refractivity contribution is -0.128. The van der Waals surface area contributed by atoms with Crippen molar-refractivity contribution in [2.45, 2.75) is 19.3 Å². The maximum atomic E-state index is 13.1. The van der Waals surface area contributed by atoms with Crippen LogP contribution < -0.4 is 14.8 Å². The van der Waals surface area contributed by atoms with Crippen molar-refractivity contribution in [2.75, 3.05) is 27.3 Å². The van der Waals surface area contributed by atoms with Gasteiger partial charge in [-0.25, -0.2) is 0 Å². The summed E-state index contributed by atoms with van der Waals surface area (Å²) < 4.78 is 10.3. The Bertz CT molecular complexity index is 867. The minimum atomic E-state index is -0.335. The van der Waals surface area contributed by atoms with Crippen LogP contribution in [-0.4, -0.2) is 44.0 Å². The number of benzene rings is 2. The molecule has 2 amide bonds. The zero-order valence-electron chi connectivity index (χ0n) is 16.8. The Labute approximate surface area is 171 Å². The van der Waals surface area contributed by atoms with E-state index in [1.165, 1.54) is 0 Å². The summed E-state index contributed by atoms with van der Waals surface area (Å²) in [6.45, 7) is 1.41. The first kappa shape index (κ1) is 20.5. The fraction of sp³-hybridized carbons (Fsp3) is 0.304. The molecular formula is C23H26N2O4. The molecule has 1 aliphatic rings. The van der Waals surface area contributed by atoms with Crippen LogP contribution in [-0.2, 0) is 4.79 Å². The first-order valence-electron chi connectivity index (χ1n) is 9.71. The summed E-state index contributed by atoms with van der Waals surface area (Å²) in [5.41, 5.74) is 1.52. The molecule has 0 unspecified atom stereocenters. The van der Waals surface area contributed by atoms with Gasteiger partial charge in [0.25, 0.3) is 11.8 Å². The average molecular weight is 394 g/mol. The number of nitrogens with one attached hydrogen (secondary N) is 1. The number of rotatable bonds is 6. The lowest BCUT2D eigenvalue weighted by Crippen LogP contribution is -2.41. The topological polar surface area (TPSA) is 67.9 Å². The number of carbonyl (C=O) groups excluding carboxylic acids is 2. The number of hydrogen-bond acceptors (Lipinski definition) is 4. The Kier molecular flexibility index (Phi) is 6.89. The molecule has 0 saturated carbocycles. The highest BCUT2D eigenvalue weighted by atomic mass is 16.5. The molecule has 0 spiro atoms. The Morgan fingerprint density at radius 2 is 1.41 bits per heavy atom. The molecule has 0 atom stereocenters. The third-order valence-corrected chi connectivity index (χ3v) is 4.90. The van der Waals surface area contributed by atoms with E-state index in [9.17, 15) is 9.59 Å². The van der Waals surface area contributed by atoms with Gasteiger partial charge in [-0.05, 0) is 67.3 Å². The van der Waals surface area contributed by atoms with Crippen LogP contribution in [0.15, 0.2) is 54.2 Å². The van der Waals surface area contributed by atoms with Gasteiger partial charge in [-0.3, -0.25) is 9.59 Å². The first-order chi connectivity index (χ1) is 14.1. The van der Waals surface area contributed by atoms with Crippen molar-refractivity contribution in [2.24, 2.45) is 0 Å². The van der Waals surface area contributed by atoms with E-state index >= 15 is 0 Å². The number of carbonyl (C=O) groups is 2. The van der Waals surface area contributed by atoms with Gasteiger partial charge in [0.05, 0.1) is 14.2 Å². The molecule has 0 radical (unpaired) electrons. The zero-order valence-corrected chi connectivity index (χ0v) is 16.8. The van der Waals surface area contributed by atoms with Crippen LogP contribution in [0, 0.1) is 0 Å². The Balaban J connectivity index is 1.85. The van der Waals surface area contributed by atoms with E-state index in [1.807, 2.05) is 24.3 Å². The molecule has 29 heavy (non-hydrogen) atoms. The molecule has 6 heteroatoms. The summed E-state index contributed by atoms with van der Waals surface area (Å²) in [6.07, 6.45) is 4.79. The summed E-state index contributed by atoms with van der Waals surface area (Å²) in [4.78, 5) is 27.6. The third kappa shape index (κ3) is 5.38. The maximum Gasteiger partial charge on any atom is 0.270 e. The van der Waals surface area contributed by atoms with Crippen LogP contribution in [0.3, 0.4) is 0 Å². The Hall–Kier alpha value is -3.28. The van der Waals surface area contributed by atoms with Crippen molar-refractivity contribution in [1.29, 1.82) is 0 Å². The quantitative estimate of drug-likeness (QED) is 0.762. The molecule has 2 aromatic rings. The molecule has 1 N–H and O–H groups in total. The second kappa shape index (κ2) is 9.78. The molecule has 2 aromatic carbocycles. The number of nitrogens with zero attached hydrogens (tertiary/aromatic N) is 1. The van der Waals surface area contributed by atoms with Crippen LogP contribution >= 0.6 is 0 Å². The van der Waals surface area contributed by atoms with Gasteiger partial charge >= 0.3 is 0 Å². The third-order valence-electron chi connectivity index (χ3n) is 4.90. The molecule has 6 nitrogen and oxygen atoms in total. The van der Waals surface area contributed by atoms with Crippen molar-refractivity contribution in [3.63, 3.8) is 0 Å². The van der Waals surface area contributed by atoms with Gasteiger partial charge < -0.3 is 19.7 Å². The van der Waals surface area contributed by atoms with Crippen LogP contribution in [0.25, 0.3) is 6.08 Å². The molecule has 1 saturated heterocycles. The molecular weight excluding hydrogens is 368 g/mol. The van der Waals surface area contributed by atoms with E-state index in [0.717, 1.165) is 30.6 Å². The maximum absolute atomic E-state index is 13.1. The number of likely N-dealkylation sites (tertiary alicyclic amines) is 1. The van der Waals surface area contributed by atoms with Gasteiger partial charge in [-0.1, -0.05) is 12.1 Å². The van der Waals surface area contributed by atoms with E-state index in [1.54, 1.807) is 49.5 Å². The summed E-state index contributed by atoms with van der Waals surface area (Å²) in [5.74, 6) is 0.897. The zero-order chi connectivity index (χ0) is 20.6. The second-order valence-corrected chi connectivity index (χ2v) is 6.87. The lowest BCUT2D eigenvalue weighted by Gasteiger charge is -2.27. The highest BCUT2D eigenvalue weighted by Crippen LogP contribution is 2.17. The molecule has 1 fully saturated rings. The predicted octanol–water partition coefficient (Wildman–Crippen LogP) is 3.49. The van der Waals surface area contributed by atoms with Gasteiger partial charge in [-0.2, -0.15) is 0 Å². The van der Waals surface area contributed by atoms with Crippen LogP contribution in [0.5, 0.6) is 11.5 Å². The largest absolute Gasteiger partial charge is 0.497 e. The fourth-order valence-corrected chi connectivity index (χ4v) is 3.22. The van der Waals surface area contributed by atoms with Crippen LogP contribution in [0.4, 0.5) is 0 Å². The minimum absolute atomic E-state index is 0.164. The molecule has 1 aliphatic heterocycles. The number of hydrogen-bond donors (Lipinski definition) is 1. The van der Waals surface area contributed by atoms with Gasteiger partial charge in [0.2, 0.25) is 0 Å². The minimum Gasteiger partial charge on any atom is -0.497 e. The van der Waals surface area contributed by atoms with E-state index in [0.29, 0.717) is 24.4 Å². The number of piperidine rings is 1. The summed E-state index contributed by atoms with van der Waals surface area (Å²) >= 11 is 0. The Morgan fingerprint density at radius 3 is 1.97 bits per heavy atom. The predicted molar refractivity (Wildman–Crippen MR) is 112 cm³/mol. The molecule has 0 aromatic heterocycles. The number of methoxy groups -OCH3 is 2.